The molecule has 150 valence electrons. The van der Waals surface area contributed by atoms with E-state index in [1.165, 1.54) is 0 Å². The number of benzene rings is 2. The molecule has 3 atom stereocenters. The van der Waals surface area contributed by atoms with E-state index < -0.39 is 10.8 Å². The van der Waals surface area contributed by atoms with Crippen LogP contribution in [0, 0.1) is 0 Å². The molecule has 2 heterocycles. The van der Waals surface area contributed by atoms with Gasteiger partial charge in [0.05, 0.1) is 11.9 Å². The van der Waals surface area contributed by atoms with E-state index in [4.69, 9.17) is 15.6 Å². The minimum Gasteiger partial charge on any atom is -0.382 e. The fourth-order valence-corrected chi connectivity index (χ4v) is 4.03. The molecule has 1 aliphatic heterocycles. The van der Waals surface area contributed by atoms with Crippen molar-refractivity contribution in [3.8, 4) is 11.3 Å². The van der Waals surface area contributed by atoms with Gasteiger partial charge in [-0.1, -0.05) is 42.5 Å². The second-order valence-corrected chi connectivity index (χ2v) is 8.34. The molecule has 4 rings (SSSR count). The number of hydrogen-bond acceptors (Lipinski definition) is 7. The summed E-state index contributed by atoms with van der Waals surface area (Å²) in [6, 6.07) is 17.5. The molecule has 0 aliphatic carbocycles. The molecule has 2 aromatic carbocycles. The molecule has 0 amide bonds. The van der Waals surface area contributed by atoms with Crippen LogP contribution in [0.4, 0.5) is 5.82 Å². The third-order valence-electron chi connectivity index (χ3n) is 5.01. The van der Waals surface area contributed by atoms with Gasteiger partial charge in [-0.3, -0.25) is 13.9 Å². The number of nitrogens with zero attached hydrogens (tertiary/aromatic N) is 4. The minimum atomic E-state index is -1.02. The van der Waals surface area contributed by atoms with Gasteiger partial charge < -0.3 is 5.73 Å². The largest absolute Gasteiger partial charge is 0.382 e. The number of hydroxylamine groups is 2. The lowest BCUT2D eigenvalue weighted by Gasteiger charge is -2.24. The van der Waals surface area contributed by atoms with Crippen molar-refractivity contribution >= 4 is 16.6 Å². The molecule has 8 heteroatoms. The Kier molecular flexibility index (Phi) is 5.42. The zero-order chi connectivity index (χ0) is 20.5. The molecular formula is C21H23N5O2S. The summed E-state index contributed by atoms with van der Waals surface area (Å²) < 4.78 is 11.6. The number of rotatable bonds is 4. The van der Waals surface area contributed by atoms with Gasteiger partial charge in [-0.25, -0.2) is 9.97 Å². The van der Waals surface area contributed by atoms with Crippen LogP contribution in [0.1, 0.15) is 23.7 Å². The average Bonchev–Trinajstić information content (AvgIpc) is 3.03. The van der Waals surface area contributed by atoms with Crippen LogP contribution in [-0.4, -0.2) is 44.5 Å². The van der Waals surface area contributed by atoms with Crippen LogP contribution in [0.25, 0.3) is 11.3 Å². The summed E-state index contributed by atoms with van der Waals surface area (Å²) in [6.07, 6.45) is 2.79. The normalized spacial score (nSPS) is 21.3. The van der Waals surface area contributed by atoms with E-state index in [1.54, 1.807) is 17.5 Å². The summed E-state index contributed by atoms with van der Waals surface area (Å²) in [5.74, 6) is 0.362. The highest BCUT2D eigenvalue weighted by Crippen LogP contribution is 2.40. The van der Waals surface area contributed by atoms with Crippen LogP contribution in [0.5, 0.6) is 0 Å². The highest BCUT2D eigenvalue weighted by molar-refractivity contribution is 7.84. The average molecular weight is 410 g/mol. The molecule has 1 fully saturated rings. The molecule has 29 heavy (non-hydrogen) atoms. The molecule has 0 saturated carbocycles. The van der Waals surface area contributed by atoms with Crippen LogP contribution in [0.3, 0.4) is 0 Å². The van der Waals surface area contributed by atoms with Crippen molar-refractivity contribution in [2.24, 2.45) is 0 Å². The van der Waals surface area contributed by atoms with Crippen molar-refractivity contribution in [3.63, 3.8) is 0 Å². The standard InChI is InChI=1S/C21H23N5O2S/c1-25-20(26(2)28-21(25)15-7-5-4-6-8-15)18-19(22)23-13-17(24-18)14-9-11-16(12-10-14)29(3)27/h4-13,20-21H,1-3H3,(H2,22,23). The third kappa shape index (κ3) is 3.79. The van der Waals surface area contributed by atoms with Gasteiger partial charge in [0.2, 0.25) is 0 Å². The monoisotopic (exact) mass is 409 g/mol. The van der Waals surface area contributed by atoms with E-state index in [0.717, 1.165) is 16.0 Å². The Labute approximate surface area is 172 Å². The third-order valence-corrected chi connectivity index (χ3v) is 5.94. The topological polar surface area (TPSA) is 84.6 Å². The van der Waals surface area contributed by atoms with Gasteiger partial charge in [0.25, 0.3) is 0 Å². The molecule has 3 aromatic rings. The summed E-state index contributed by atoms with van der Waals surface area (Å²) in [6.45, 7) is 0. The smallest absolute Gasteiger partial charge is 0.159 e. The van der Waals surface area contributed by atoms with Gasteiger partial charge in [-0.15, -0.1) is 0 Å². The van der Waals surface area contributed by atoms with Crippen LogP contribution < -0.4 is 5.73 Å². The molecule has 3 unspecified atom stereocenters. The number of aromatic nitrogens is 2. The Bertz CT molecular complexity index is 1030. The molecule has 7 nitrogen and oxygen atoms in total. The van der Waals surface area contributed by atoms with Crippen LogP contribution in [0.2, 0.25) is 0 Å². The molecular weight excluding hydrogens is 386 g/mol. The number of anilines is 1. The molecule has 1 saturated heterocycles. The summed E-state index contributed by atoms with van der Waals surface area (Å²) in [5, 5.41) is 1.76. The summed E-state index contributed by atoms with van der Waals surface area (Å²) in [4.78, 5) is 18.1. The first-order chi connectivity index (χ1) is 14.0. The number of hydrogen-bond donors (Lipinski definition) is 1. The summed E-state index contributed by atoms with van der Waals surface area (Å²) in [7, 11) is 2.82. The van der Waals surface area contributed by atoms with Gasteiger partial charge in [0.15, 0.2) is 6.23 Å². The molecule has 1 aliphatic rings. The second kappa shape index (κ2) is 8.00. The van der Waals surface area contributed by atoms with Crippen molar-refractivity contribution in [2.75, 3.05) is 26.1 Å². The lowest BCUT2D eigenvalue weighted by atomic mass is 10.1. The highest BCUT2D eigenvalue weighted by Gasteiger charge is 2.40. The summed E-state index contributed by atoms with van der Waals surface area (Å²) >= 11 is 0. The molecule has 2 N–H and O–H groups in total. The SMILES string of the molecule is CN1OC(c2ccccc2)N(C)C1c1nc(-c2ccc(S(C)=O)cc2)cnc1N. The zero-order valence-electron chi connectivity index (χ0n) is 16.5. The molecule has 0 radical (unpaired) electrons. The van der Waals surface area contributed by atoms with Crippen LogP contribution >= 0.6 is 0 Å². The van der Waals surface area contributed by atoms with Gasteiger partial charge in [0, 0.05) is 34.6 Å². The Morgan fingerprint density at radius 3 is 2.41 bits per heavy atom. The zero-order valence-corrected chi connectivity index (χ0v) is 17.3. The van der Waals surface area contributed by atoms with Gasteiger partial charge in [-0.05, 0) is 24.7 Å². The fourth-order valence-electron chi connectivity index (χ4n) is 3.51. The van der Waals surface area contributed by atoms with Crippen molar-refractivity contribution < 1.29 is 9.05 Å². The maximum Gasteiger partial charge on any atom is 0.159 e. The summed E-state index contributed by atoms with van der Waals surface area (Å²) in [5.41, 5.74) is 9.47. The van der Waals surface area contributed by atoms with Crippen molar-refractivity contribution in [1.29, 1.82) is 0 Å². The lowest BCUT2D eigenvalue weighted by Crippen LogP contribution is -2.28. The maximum absolute atomic E-state index is 11.6. The number of nitrogen functional groups attached to an aromatic ring is 1. The van der Waals surface area contributed by atoms with E-state index in [1.807, 2.05) is 68.7 Å². The van der Waals surface area contributed by atoms with Crippen molar-refractivity contribution in [3.05, 3.63) is 72.1 Å². The second-order valence-electron chi connectivity index (χ2n) is 6.96. The predicted molar refractivity (Wildman–Crippen MR) is 113 cm³/mol. The van der Waals surface area contributed by atoms with Gasteiger partial charge in [0.1, 0.15) is 17.7 Å². The molecule has 0 spiro atoms. The Balaban J connectivity index is 1.68. The first-order valence-corrected chi connectivity index (χ1v) is 10.7. The molecule has 1 aromatic heterocycles. The van der Waals surface area contributed by atoms with E-state index in [2.05, 4.69) is 9.88 Å². The van der Waals surface area contributed by atoms with E-state index in [9.17, 15) is 4.21 Å². The highest BCUT2D eigenvalue weighted by atomic mass is 32.2. The van der Waals surface area contributed by atoms with Crippen LogP contribution in [0.15, 0.2) is 65.7 Å². The lowest BCUT2D eigenvalue weighted by molar-refractivity contribution is -0.148. The Morgan fingerprint density at radius 2 is 1.76 bits per heavy atom. The van der Waals surface area contributed by atoms with E-state index in [-0.39, 0.29) is 12.4 Å². The first kappa shape index (κ1) is 19.7. The quantitative estimate of drug-likeness (QED) is 0.709. The molecule has 0 bridgehead atoms. The van der Waals surface area contributed by atoms with Gasteiger partial charge >= 0.3 is 0 Å². The van der Waals surface area contributed by atoms with Gasteiger partial charge in [-0.2, -0.15) is 5.06 Å². The Hall–Kier alpha value is -2.65. The van der Waals surface area contributed by atoms with E-state index in [0.29, 0.717) is 17.2 Å². The maximum atomic E-state index is 11.6. The fraction of sp³-hybridized carbons (Fsp3) is 0.238. The van der Waals surface area contributed by atoms with E-state index >= 15 is 0 Å². The van der Waals surface area contributed by atoms with Crippen molar-refractivity contribution in [1.82, 2.24) is 19.9 Å². The first-order valence-electron chi connectivity index (χ1n) is 9.18. The van der Waals surface area contributed by atoms with Crippen LogP contribution in [-0.2, 0) is 15.6 Å². The van der Waals surface area contributed by atoms with Crippen molar-refractivity contribution in [2.45, 2.75) is 17.3 Å². The predicted octanol–water partition coefficient (Wildman–Crippen LogP) is 2.97. The Morgan fingerprint density at radius 1 is 1.07 bits per heavy atom. The number of nitrogens with two attached hydrogens (primary N) is 1. The minimum absolute atomic E-state index is 0.241.